The van der Waals surface area contributed by atoms with Crippen LogP contribution >= 0.6 is 27.3 Å². The molecule has 1 amide bonds. The molecule has 2 aromatic heterocycles. The van der Waals surface area contributed by atoms with Gasteiger partial charge in [0.05, 0.1) is 6.54 Å². The normalized spacial score (nSPS) is 10.1. The standard InChI is InChI=1S/C12H11BrN2O2S/c13-12-10(4-1-5-14-12)17-8-11(16)15-7-9-3-2-6-18-9/h1-6H,7-8H2,(H,15,16). The van der Waals surface area contributed by atoms with Crippen molar-refractivity contribution in [3.05, 3.63) is 45.3 Å². The van der Waals surface area contributed by atoms with Crippen molar-refractivity contribution in [2.45, 2.75) is 6.54 Å². The topological polar surface area (TPSA) is 51.2 Å². The first kappa shape index (κ1) is 13.0. The van der Waals surface area contributed by atoms with E-state index in [9.17, 15) is 4.79 Å². The van der Waals surface area contributed by atoms with Gasteiger partial charge in [-0.05, 0) is 39.5 Å². The van der Waals surface area contributed by atoms with E-state index in [4.69, 9.17) is 4.74 Å². The van der Waals surface area contributed by atoms with Crippen molar-refractivity contribution in [1.82, 2.24) is 10.3 Å². The van der Waals surface area contributed by atoms with Gasteiger partial charge in [-0.15, -0.1) is 11.3 Å². The summed E-state index contributed by atoms with van der Waals surface area (Å²) in [5.41, 5.74) is 0. The summed E-state index contributed by atoms with van der Waals surface area (Å²) in [5, 5.41) is 4.76. The van der Waals surface area contributed by atoms with Gasteiger partial charge in [0.2, 0.25) is 0 Å². The van der Waals surface area contributed by atoms with Gasteiger partial charge in [-0.25, -0.2) is 4.98 Å². The maximum absolute atomic E-state index is 11.6. The molecular formula is C12H11BrN2O2S. The Balaban J connectivity index is 1.77. The number of nitrogens with one attached hydrogen (secondary N) is 1. The maximum Gasteiger partial charge on any atom is 0.258 e. The van der Waals surface area contributed by atoms with Crippen molar-refractivity contribution in [2.75, 3.05) is 6.61 Å². The minimum Gasteiger partial charge on any atom is -0.481 e. The zero-order chi connectivity index (χ0) is 12.8. The minimum atomic E-state index is -0.154. The summed E-state index contributed by atoms with van der Waals surface area (Å²) in [5.74, 6) is 0.405. The third-order valence-corrected chi connectivity index (χ3v) is 3.60. The van der Waals surface area contributed by atoms with Crippen LogP contribution < -0.4 is 10.1 Å². The van der Waals surface area contributed by atoms with E-state index in [1.165, 1.54) is 0 Å². The van der Waals surface area contributed by atoms with Crippen molar-refractivity contribution in [3.8, 4) is 5.75 Å². The number of carbonyl (C=O) groups excluding carboxylic acids is 1. The summed E-state index contributed by atoms with van der Waals surface area (Å²) >= 11 is 4.86. The smallest absolute Gasteiger partial charge is 0.258 e. The van der Waals surface area contributed by atoms with Crippen LogP contribution in [-0.2, 0) is 11.3 Å². The van der Waals surface area contributed by atoms with Gasteiger partial charge in [-0.1, -0.05) is 6.07 Å². The first-order valence-corrected chi connectivity index (χ1v) is 6.95. The fraction of sp³-hybridized carbons (Fsp3) is 0.167. The van der Waals surface area contributed by atoms with Crippen molar-refractivity contribution in [2.24, 2.45) is 0 Å². The van der Waals surface area contributed by atoms with E-state index in [1.807, 2.05) is 17.5 Å². The zero-order valence-corrected chi connectivity index (χ0v) is 11.8. The second-order valence-corrected chi connectivity index (χ2v) is 5.22. The van der Waals surface area contributed by atoms with Gasteiger partial charge >= 0.3 is 0 Å². The molecule has 0 aliphatic rings. The number of hydrogen-bond donors (Lipinski definition) is 1. The molecule has 0 aliphatic carbocycles. The lowest BCUT2D eigenvalue weighted by molar-refractivity contribution is -0.123. The molecule has 94 valence electrons. The average molecular weight is 327 g/mol. The van der Waals surface area contributed by atoms with Gasteiger partial charge in [-0.2, -0.15) is 0 Å². The van der Waals surface area contributed by atoms with E-state index < -0.39 is 0 Å². The van der Waals surface area contributed by atoms with Gasteiger partial charge in [-0.3, -0.25) is 4.79 Å². The fourth-order valence-electron chi connectivity index (χ4n) is 1.27. The van der Waals surface area contributed by atoms with E-state index in [0.717, 1.165) is 4.88 Å². The molecule has 0 aromatic carbocycles. The molecule has 0 saturated heterocycles. The highest BCUT2D eigenvalue weighted by Gasteiger charge is 2.05. The first-order chi connectivity index (χ1) is 8.75. The highest BCUT2D eigenvalue weighted by molar-refractivity contribution is 9.10. The molecule has 18 heavy (non-hydrogen) atoms. The summed E-state index contributed by atoms with van der Waals surface area (Å²) in [6.07, 6.45) is 1.65. The highest BCUT2D eigenvalue weighted by atomic mass is 79.9. The number of carbonyl (C=O) groups is 1. The lowest BCUT2D eigenvalue weighted by atomic mass is 10.4. The second kappa shape index (κ2) is 6.51. The van der Waals surface area contributed by atoms with Crippen LogP contribution in [0, 0.1) is 0 Å². The van der Waals surface area contributed by atoms with Crippen LogP contribution in [0.15, 0.2) is 40.4 Å². The van der Waals surface area contributed by atoms with Gasteiger partial charge < -0.3 is 10.1 Å². The largest absolute Gasteiger partial charge is 0.481 e. The Morgan fingerprint density at radius 1 is 1.44 bits per heavy atom. The molecular weight excluding hydrogens is 316 g/mol. The Hall–Kier alpha value is -1.40. The molecule has 0 fully saturated rings. The molecule has 0 atom stereocenters. The molecule has 0 radical (unpaired) electrons. The number of amides is 1. The lowest BCUT2D eigenvalue weighted by Gasteiger charge is -2.07. The predicted octanol–water partition coefficient (Wildman–Crippen LogP) is 2.60. The van der Waals surface area contributed by atoms with Crippen LogP contribution in [-0.4, -0.2) is 17.5 Å². The summed E-state index contributed by atoms with van der Waals surface area (Å²) in [6, 6.07) is 7.44. The Kier molecular flexibility index (Phi) is 4.72. The van der Waals surface area contributed by atoms with Crippen LogP contribution in [0.4, 0.5) is 0 Å². The van der Waals surface area contributed by atoms with Gasteiger partial charge in [0, 0.05) is 11.1 Å². The molecule has 4 nitrogen and oxygen atoms in total. The third-order valence-electron chi connectivity index (χ3n) is 2.12. The molecule has 0 unspecified atom stereocenters. The molecule has 2 heterocycles. The third kappa shape index (κ3) is 3.82. The number of rotatable bonds is 5. The average Bonchev–Trinajstić information content (AvgIpc) is 2.88. The molecule has 6 heteroatoms. The van der Waals surface area contributed by atoms with Crippen LogP contribution in [0.25, 0.3) is 0 Å². The van der Waals surface area contributed by atoms with Crippen molar-refractivity contribution in [3.63, 3.8) is 0 Å². The minimum absolute atomic E-state index is 0.0182. The van der Waals surface area contributed by atoms with E-state index in [2.05, 4.69) is 26.2 Å². The van der Waals surface area contributed by atoms with Crippen molar-refractivity contribution < 1.29 is 9.53 Å². The molecule has 1 N–H and O–H groups in total. The van der Waals surface area contributed by atoms with E-state index in [1.54, 1.807) is 29.7 Å². The van der Waals surface area contributed by atoms with E-state index >= 15 is 0 Å². The van der Waals surface area contributed by atoms with Crippen LogP contribution in [0.1, 0.15) is 4.88 Å². The molecule has 2 aromatic rings. The number of thiophene rings is 1. The number of halogens is 1. The Morgan fingerprint density at radius 2 is 2.33 bits per heavy atom. The molecule has 0 spiro atoms. The van der Waals surface area contributed by atoms with Crippen LogP contribution in [0.2, 0.25) is 0 Å². The molecule has 0 aliphatic heterocycles. The fourth-order valence-corrected chi connectivity index (χ4v) is 2.28. The summed E-state index contributed by atoms with van der Waals surface area (Å²) in [7, 11) is 0. The Morgan fingerprint density at radius 3 is 3.06 bits per heavy atom. The van der Waals surface area contributed by atoms with Gasteiger partial charge in [0.1, 0.15) is 4.60 Å². The first-order valence-electron chi connectivity index (χ1n) is 5.28. The molecule has 0 bridgehead atoms. The Labute approximate surface area is 117 Å². The lowest BCUT2D eigenvalue weighted by Crippen LogP contribution is -2.28. The number of aromatic nitrogens is 1. The summed E-state index contributed by atoms with van der Waals surface area (Å²) in [6.45, 7) is 0.518. The zero-order valence-electron chi connectivity index (χ0n) is 9.43. The quantitative estimate of drug-likeness (QED) is 0.859. The van der Waals surface area contributed by atoms with Gasteiger partial charge in [0.15, 0.2) is 12.4 Å². The van der Waals surface area contributed by atoms with Crippen molar-refractivity contribution >= 4 is 33.2 Å². The number of pyridine rings is 1. The monoisotopic (exact) mass is 326 g/mol. The number of ether oxygens (including phenoxy) is 1. The highest BCUT2D eigenvalue weighted by Crippen LogP contribution is 2.20. The van der Waals surface area contributed by atoms with E-state index in [-0.39, 0.29) is 12.5 Å². The molecule has 2 rings (SSSR count). The predicted molar refractivity (Wildman–Crippen MR) is 73.6 cm³/mol. The number of nitrogens with zero attached hydrogens (tertiary/aromatic N) is 1. The maximum atomic E-state index is 11.6. The molecule has 0 saturated carbocycles. The second-order valence-electron chi connectivity index (χ2n) is 3.44. The van der Waals surface area contributed by atoms with Crippen molar-refractivity contribution in [1.29, 1.82) is 0 Å². The van der Waals surface area contributed by atoms with Crippen LogP contribution in [0.5, 0.6) is 5.75 Å². The Bertz CT molecular complexity index is 517. The summed E-state index contributed by atoms with van der Waals surface area (Å²) < 4.78 is 5.94. The van der Waals surface area contributed by atoms with E-state index in [0.29, 0.717) is 16.9 Å². The van der Waals surface area contributed by atoms with Crippen LogP contribution in [0.3, 0.4) is 0 Å². The number of hydrogen-bond acceptors (Lipinski definition) is 4. The summed E-state index contributed by atoms with van der Waals surface area (Å²) in [4.78, 5) is 16.7. The SMILES string of the molecule is O=C(COc1cccnc1Br)NCc1cccs1. The van der Waals surface area contributed by atoms with Gasteiger partial charge in [0.25, 0.3) is 5.91 Å².